The minimum atomic E-state index is -0.319. The van der Waals surface area contributed by atoms with Gasteiger partial charge in [0, 0.05) is 12.0 Å². The Kier molecular flexibility index (Phi) is 3.98. The molecule has 0 N–H and O–H groups in total. The maximum Gasteiger partial charge on any atom is 0.325 e. The van der Waals surface area contributed by atoms with Crippen LogP contribution in [0.15, 0.2) is 0 Å². The van der Waals surface area contributed by atoms with E-state index in [1.807, 2.05) is 13.8 Å². The summed E-state index contributed by atoms with van der Waals surface area (Å²) in [6.07, 6.45) is 6.31. The number of esters is 1. The zero-order valence-corrected chi connectivity index (χ0v) is 13.4. The van der Waals surface area contributed by atoms with E-state index in [0.717, 1.165) is 11.8 Å². The van der Waals surface area contributed by atoms with Crippen molar-refractivity contribution >= 4 is 11.9 Å². The van der Waals surface area contributed by atoms with Crippen LogP contribution in [0, 0.1) is 29.6 Å². The molecule has 1 amide bonds. The van der Waals surface area contributed by atoms with Gasteiger partial charge in [0.25, 0.3) is 0 Å². The average Bonchev–Trinajstić information content (AvgIpc) is 2.42. The lowest BCUT2D eigenvalue weighted by Crippen LogP contribution is -2.54. The van der Waals surface area contributed by atoms with Crippen molar-refractivity contribution in [3.05, 3.63) is 0 Å². The maximum absolute atomic E-state index is 13.0. The van der Waals surface area contributed by atoms with E-state index in [4.69, 9.17) is 4.74 Å². The normalized spacial score (nSPS) is 36.9. The summed E-state index contributed by atoms with van der Waals surface area (Å²) >= 11 is 0. The van der Waals surface area contributed by atoms with Gasteiger partial charge in [-0.25, -0.2) is 0 Å². The van der Waals surface area contributed by atoms with E-state index in [1.54, 1.807) is 4.90 Å². The van der Waals surface area contributed by atoms with Crippen molar-refractivity contribution in [3.63, 3.8) is 0 Å². The van der Waals surface area contributed by atoms with Gasteiger partial charge in [-0.15, -0.1) is 0 Å². The first-order chi connectivity index (χ1) is 9.99. The van der Waals surface area contributed by atoms with E-state index < -0.39 is 0 Å². The molecule has 0 unspecified atom stereocenters. The first kappa shape index (κ1) is 14.9. The number of methoxy groups -OCH3 is 1. The van der Waals surface area contributed by atoms with Crippen LogP contribution in [0.1, 0.15) is 46.0 Å². The zero-order valence-electron chi connectivity index (χ0n) is 13.4. The van der Waals surface area contributed by atoms with Gasteiger partial charge in [-0.1, -0.05) is 0 Å². The van der Waals surface area contributed by atoms with Crippen LogP contribution in [0.25, 0.3) is 0 Å². The molecule has 4 aliphatic carbocycles. The lowest BCUT2D eigenvalue weighted by molar-refractivity contribution is -0.157. The molecule has 0 aromatic heterocycles. The van der Waals surface area contributed by atoms with Crippen molar-refractivity contribution in [1.29, 1.82) is 0 Å². The Morgan fingerprint density at radius 2 is 1.57 bits per heavy atom. The molecule has 0 spiro atoms. The first-order valence-electron chi connectivity index (χ1n) is 8.36. The fourth-order valence-corrected chi connectivity index (χ4v) is 5.24. The molecule has 0 saturated heterocycles. The molecule has 118 valence electrons. The Hall–Kier alpha value is -1.06. The highest BCUT2D eigenvalue weighted by Crippen LogP contribution is 2.56. The standard InChI is InChI=1S/C17H27NO3/c1-10(2)18(9-15(19)21-3)17(20)16-13-5-11-4-12(7-13)8-14(16)6-11/h10-14,16H,4-9H2,1-3H3. The van der Waals surface area contributed by atoms with Crippen molar-refractivity contribution in [2.45, 2.75) is 52.0 Å². The van der Waals surface area contributed by atoms with Gasteiger partial charge in [0.1, 0.15) is 6.54 Å². The van der Waals surface area contributed by atoms with E-state index in [1.165, 1.54) is 39.2 Å². The summed E-state index contributed by atoms with van der Waals surface area (Å²) in [6, 6.07) is 0.0498. The predicted octanol–water partition coefficient (Wildman–Crippen LogP) is 2.47. The van der Waals surface area contributed by atoms with Gasteiger partial charge in [0.2, 0.25) is 5.91 Å². The second kappa shape index (κ2) is 5.62. The van der Waals surface area contributed by atoms with Crippen molar-refractivity contribution in [2.75, 3.05) is 13.7 Å². The SMILES string of the molecule is COC(=O)CN(C(=O)C1C2CC3CC(C2)CC1C3)C(C)C. The Morgan fingerprint density at radius 3 is 2.00 bits per heavy atom. The van der Waals surface area contributed by atoms with Crippen LogP contribution in [0.2, 0.25) is 0 Å². The van der Waals surface area contributed by atoms with E-state index in [2.05, 4.69) is 0 Å². The summed E-state index contributed by atoms with van der Waals surface area (Å²) in [6.45, 7) is 4.06. The molecule has 0 heterocycles. The van der Waals surface area contributed by atoms with E-state index in [9.17, 15) is 9.59 Å². The summed E-state index contributed by atoms with van der Waals surface area (Å²) in [5.41, 5.74) is 0. The molecule has 4 nitrogen and oxygen atoms in total. The lowest BCUT2D eigenvalue weighted by atomic mass is 9.51. The molecule has 4 fully saturated rings. The molecule has 4 aliphatic rings. The zero-order chi connectivity index (χ0) is 15.1. The highest BCUT2D eigenvalue weighted by atomic mass is 16.5. The first-order valence-corrected chi connectivity index (χ1v) is 8.36. The number of amides is 1. The molecule has 0 aliphatic heterocycles. The summed E-state index contributed by atoms with van der Waals surface area (Å²) in [4.78, 5) is 26.4. The predicted molar refractivity (Wildman–Crippen MR) is 79.4 cm³/mol. The Balaban J connectivity index is 1.75. The maximum atomic E-state index is 13.0. The van der Waals surface area contributed by atoms with Gasteiger partial charge >= 0.3 is 5.97 Å². The summed E-state index contributed by atoms with van der Waals surface area (Å²) in [5, 5.41) is 0. The summed E-state index contributed by atoms with van der Waals surface area (Å²) in [5.74, 6) is 2.89. The fraction of sp³-hybridized carbons (Fsp3) is 0.882. The smallest absolute Gasteiger partial charge is 0.325 e. The van der Waals surface area contributed by atoms with Gasteiger partial charge in [-0.3, -0.25) is 9.59 Å². The largest absolute Gasteiger partial charge is 0.468 e. The molecular formula is C17H27NO3. The molecule has 4 heteroatoms. The van der Waals surface area contributed by atoms with Crippen LogP contribution in [-0.2, 0) is 14.3 Å². The topological polar surface area (TPSA) is 46.6 Å². The van der Waals surface area contributed by atoms with E-state index in [0.29, 0.717) is 11.8 Å². The third-order valence-corrected chi connectivity index (χ3v) is 5.95. The molecule has 21 heavy (non-hydrogen) atoms. The number of nitrogens with zero attached hydrogens (tertiary/aromatic N) is 1. The number of hydrogen-bond donors (Lipinski definition) is 0. The number of carbonyl (C=O) groups excluding carboxylic acids is 2. The second-order valence-electron chi connectivity index (χ2n) is 7.59. The number of carbonyl (C=O) groups is 2. The van der Waals surface area contributed by atoms with Crippen LogP contribution in [0.4, 0.5) is 0 Å². The molecule has 0 aromatic carbocycles. The van der Waals surface area contributed by atoms with Crippen molar-refractivity contribution < 1.29 is 14.3 Å². The second-order valence-corrected chi connectivity index (χ2v) is 7.59. The lowest BCUT2D eigenvalue weighted by Gasteiger charge is -2.54. The van der Waals surface area contributed by atoms with Crippen LogP contribution in [0.5, 0.6) is 0 Å². The van der Waals surface area contributed by atoms with Crippen molar-refractivity contribution in [1.82, 2.24) is 4.90 Å². The van der Waals surface area contributed by atoms with E-state index >= 15 is 0 Å². The average molecular weight is 293 g/mol. The fourth-order valence-electron chi connectivity index (χ4n) is 5.24. The highest BCUT2D eigenvalue weighted by molar-refractivity contribution is 5.84. The van der Waals surface area contributed by atoms with Crippen LogP contribution in [-0.4, -0.2) is 36.5 Å². The molecule has 0 atom stereocenters. The van der Waals surface area contributed by atoms with Gasteiger partial charge in [-0.2, -0.15) is 0 Å². The van der Waals surface area contributed by atoms with Crippen LogP contribution < -0.4 is 0 Å². The Bertz CT molecular complexity index is 404. The molecular weight excluding hydrogens is 266 g/mol. The number of hydrogen-bond acceptors (Lipinski definition) is 3. The van der Waals surface area contributed by atoms with Gasteiger partial charge in [-0.05, 0) is 69.6 Å². The van der Waals surface area contributed by atoms with Crippen molar-refractivity contribution in [3.8, 4) is 0 Å². The quantitative estimate of drug-likeness (QED) is 0.748. The molecule has 0 aromatic rings. The number of rotatable bonds is 4. The van der Waals surface area contributed by atoms with Gasteiger partial charge in [0.15, 0.2) is 0 Å². The third-order valence-electron chi connectivity index (χ3n) is 5.95. The monoisotopic (exact) mass is 293 g/mol. The minimum Gasteiger partial charge on any atom is -0.468 e. The van der Waals surface area contributed by atoms with Crippen LogP contribution >= 0.6 is 0 Å². The van der Waals surface area contributed by atoms with Gasteiger partial charge in [0.05, 0.1) is 7.11 Å². The van der Waals surface area contributed by atoms with Gasteiger partial charge < -0.3 is 9.64 Å². The Labute approximate surface area is 127 Å². The minimum absolute atomic E-state index is 0.0498. The molecule has 4 bridgehead atoms. The Morgan fingerprint density at radius 1 is 1.05 bits per heavy atom. The highest BCUT2D eigenvalue weighted by Gasteiger charge is 2.51. The van der Waals surface area contributed by atoms with Crippen molar-refractivity contribution in [2.24, 2.45) is 29.6 Å². The van der Waals surface area contributed by atoms with E-state index in [-0.39, 0.29) is 30.4 Å². The molecule has 4 saturated carbocycles. The van der Waals surface area contributed by atoms with Crippen LogP contribution in [0.3, 0.4) is 0 Å². The summed E-state index contributed by atoms with van der Waals surface area (Å²) in [7, 11) is 1.38. The number of ether oxygens (including phenoxy) is 1. The molecule has 4 rings (SSSR count). The third kappa shape index (κ3) is 2.69. The summed E-state index contributed by atoms with van der Waals surface area (Å²) < 4.78 is 4.75. The molecule has 0 radical (unpaired) electrons.